The number of anilines is 1. The zero-order valence-corrected chi connectivity index (χ0v) is 9.93. The number of hydrogen-bond acceptors (Lipinski definition) is 2. The number of hydrogen-bond donors (Lipinski definition) is 1. The van der Waals surface area contributed by atoms with Gasteiger partial charge >= 0.3 is 0 Å². The molecule has 0 fully saturated rings. The molecule has 13 heavy (non-hydrogen) atoms. The topological polar surface area (TPSA) is 43.8 Å². The van der Waals surface area contributed by atoms with Crippen molar-refractivity contribution in [2.24, 2.45) is 5.41 Å². The normalized spacial score (nSPS) is 12.0. The lowest BCUT2D eigenvalue weighted by Gasteiger charge is -2.21. The van der Waals surface area contributed by atoms with Crippen molar-refractivity contribution in [1.29, 1.82) is 0 Å². The Morgan fingerprint density at radius 2 is 2.23 bits per heavy atom. The molecule has 1 aromatic heterocycles. The number of aromatic nitrogens is 2. The Labute approximate surface area is 87.4 Å². The van der Waals surface area contributed by atoms with Gasteiger partial charge in [0.15, 0.2) is 5.82 Å². The van der Waals surface area contributed by atoms with E-state index in [1.807, 2.05) is 10.9 Å². The molecule has 0 atom stereocenters. The summed E-state index contributed by atoms with van der Waals surface area (Å²) in [4.78, 5) is 0. The van der Waals surface area contributed by atoms with Crippen LogP contribution >= 0.6 is 15.9 Å². The Morgan fingerprint density at radius 1 is 1.62 bits per heavy atom. The van der Waals surface area contributed by atoms with E-state index in [1.54, 1.807) is 0 Å². The number of nitrogens with zero attached hydrogens (tertiary/aromatic N) is 2. The maximum Gasteiger partial charge on any atom is 0.159 e. The van der Waals surface area contributed by atoms with Crippen LogP contribution < -0.4 is 5.73 Å². The third-order valence-electron chi connectivity index (χ3n) is 2.29. The average molecular weight is 246 g/mol. The Hall–Kier alpha value is -0.510. The van der Waals surface area contributed by atoms with E-state index in [1.165, 1.54) is 0 Å². The van der Waals surface area contributed by atoms with Crippen LogP contribution in [0.4, 0.5) is 5.82 Å². The van der Waals surface area contributed by atoms with Gasteiger partial charge in [0.1, 0.15) is 0 Å². The minimum Gasteiger partial charge on any atom is -0.381 e. The fraction of sp³-hybridized carbons (Fsp3) is 0.667. The molecule has 0 aliphatic rings. The largest absolute Gasteiger partial charge is 0.381 e. The highest BCUT2D eigenvalue weighted by molar-refractivity contribution is 9.10. The molecule has 0 radical (unpaired) electrons. The van der Waals surface area contributed by atoms with E-state index in [2.05, 4.69) is 41.8 Å². The molecule has 0 aliphatic carbocycles. The Balaban J connectivity index is 2.75. The van der Waals surface area contributed by atoms with Crippen LogP contribution in [0, 0.1) is 5.41 Å². The minimum atomic E-state index is 0.276. The van der Waals surface area contributed by atoms with Crippen LogP contribution in [-0.2, 0) is 6.54 Å². The zero-order valence-electron chi connectivity index (χ0n) is 8.34. The third kappa shape index (κ3) is 2.72. The van der Waals surface area contributed by atoms with Crippen LogP contribution in [0.25, 0.3) is 0 Å². The van der Waals surface area contributed by atoms with Crippen LogP contribution in [0.1, 0.15) is 27.2 Å². The standard InChI is InChI=1S/C9H16BrN3/c1-4-9(2,3)6-13-5-7(10)8(11)12-13/h5H,4,6H2,1-3H3,(H2,11,12). The van der Waals surface area contributed by atoms with Gasteiger partial charge in [0, 0.05) is 12.7 Å². The summed E-state index contributed by atoms with van der Waals surface area (Å²) in [5, 5.41) is 4.19. The van der Waals surface area contributed by atoms with Crippen LogP contribution in [0.15, 0.2) is 10.7 Å². The van der Waals surface area contributed by atoms with Crippen molar-refractivity contribution in [1.82, 2.24) is 9.78 Å². The molecule has 1 aromatic rings. The van der Waals surface area contributed by atoms with Crippen LogP contribution in [-0.4, -0.2) is 9.78 Å². The van der Waals surface area contributed by atoms with Gasteiger partial charge in [-0.3, -0.25) is 4.68 Å². The van der Waals surface area contributed by atoms with Crippen LogP contribution in [0.5, 0.6) is 0 Å². The van der Waals surface area contributed by atoms with Crippen molar-refractivity contribution in [2.75, 3.05) is 5.73 Å². The monoisotopic (exact) mass is 245 g/mol. The van der Waals surface area contributed by atoms with Crippen LogP contribution in [0.3, 0.4) is 0 Å². The molecule has 2 N–H and O–H groups in total. The molecular weight excluding hydrogens is 230 g/mol. The second-order valence-electron chi connectivity index (χ2n) is 4.08. The predicted molar refractivity (Wildman–Crippen MR) is 58.4 cm³/mol. The van der Waals surface area contributed by atoms with E-state index in [0.717, 1.165) is 17.4 Å². The van der Waals surface area contributed by atoms with E-state index in [4.69, 9.17) is 5.73 Å². The smallest absolute Gasteiger partial charge is 0.159 e. The van der Waals surface area contributed by atoms with Gasteiger partial charge in [-0.1, -0.05) is 20.8 Å². The highest BCUT2D eigenvalue weighted by Crippen LogP contribution is 2.24. The summed E-state index contributed by atoms with van der Waals surface area (Å²) in [6.45, 7) is 7.53. The van der Waals surface area contributed by atoms with E-state index >= 15 is 0 Å². The molecule has 0 spiro atoms. The van der Waals surface area contributed by atoms with E-state index in [9.17, 15) is 0 Å². The van der Waals surface area contributed by atoms with Gasteiger partial charge in [0.05, 0.1) is 4.47 Å². The molecule has 1 rings (SSSR count). The molecule has 4 heteroatoms. The number of nitrogen functional groups attached to an aromatic ring is 1. The molecule has 0 unspecified atom stereocenters. The third-order valence-corrected chi connectivity index (χ3v) is 2.90. The minimum absolute atomic E-state index is 0.276. The molecule has 0 aromatic carbocycles. The molecule has 0 amide bonds. The number of halogens is 1. The molecule has 3 nitrogen and oxygen atoms in total. The summed E-state index contributed by atoms with van der Waals surface area (Å²) >= 11 is 3.34. The fourth-order valence-electron chi connectivity index (χ4n) is 1.04. The molecule has 0 aliphatic heterocycles. The molecule has 1 heterocycles. The van der Waals surface area contributed by atoms with Gasteiger partial charge in [-0.2, -0.15) is 5.10 Å². The summed E-state index contributed by atoms with van der Waals surface area (Å²) in [5.74, 6) is 0.562. The lowest BCUT2D eigenvalue weighted by molar-refractivity contribution is 0.281. The van der Waals surface area contributed by atoms with Gasteiger partial charge in [-0.15, -0.1) is 0 Å². The summed E-state index contributed by atoms with van der Waals surface area (Å²) in [6.07, 6.45) is 3.05. The van der Waals surface area contributed by atoms with E-state index < -0.39 is 0 Å². The summed E-state index contributed by atoms with van der Waals surface area (Å²) in [5.41, 5.74) is 5.90. The van der Waals surface area contributed by atoms with E-state index in [0.29, 0.717) is 5.82 Å². The fourth-order valence-corrected chi connectivity index (χ4v) is 1.36. The van der Waals surface area contributed by atoms with Crippen molar-refractivity contribution >= 4 is 21.7 Å². The second-order valence-corrected chi connectivity index (χ2v) is 4.93. The van der Waals surface area contributed by atoms with Crippen molar-refractivity contribution in [3.63, 3.8) is 0 Å². The van der Waals surface area contributed by atoms with Gasteiger partial charge in [0.2, 0.25) is 0 Å². The number of nitrogens with two attached hydrogens (primary N) is 1. The van der Waals surface area contributed by atoms with E-state index in [-0.39, 0.29) is 5.41 Å². The van der Waals surface area contributed by atoms with Crippen LogP contribution in [0.2, 0.25) is 0 Å². The first kappa shape index (κ1) is 10.6. The highest BCUT2D eigenvalue weighted by Gasteiger charge is 2.16. The summed E-state index contributed by atoms with van der Waals surface area (Å²) < 4.78 is 2.77. The van der Waals surface area contributed by atoms with Gasteiger partial charge in [0.25, 0.3) is 0 Å². The zero-order chi connectivity index (χ0) is 10.1. The Bertz CT molecular complexity index is 272. The van der Waals surface area contributed by atoms with Gasteiger partial charge < -0.3 is 5.73 Å². The van der Waals surface area contributed by atoms with Crippen molar-refractivity contribution in [3.8, 4) is 0 Å². The average Bonchev–Trinajstić information content (AvgIpc) is 2.30. The number of rotatable bonds is 3. The lowest BCUT2D eigenvalue weighted by Crippen LogP contribution is -2.18. The molecule has 74 valence electrons. The first-order chi connectivity index (χ1) is 5.94. The second kappa shape index (κ2) is 3.70. The Morgan fingerprint density at radius 3 is 2.62 bits per heavy atom. The maximum atomic E-state index is 5.62. The van der Waals surface area contributed by atoms with Crippen molar-refractivity contribution < 1.29 is 0 Å². The summed E-state index contributed by atoms with van der Waals surface area (Å²) in [7, 11) is 0. The lowest BCUT2D eigenvalue weighted by atomic mass is 9.90. The molecular formula is C9H16BrN3. The molecule has 0 bridgehead atoms. The SMILES string of the molecule is CCC(C)(C)Cn1cc(Br)c(N)n1. The molecule has 0 saturated heterocycles. The van der Waals surface area contributed by atoms with Crippen molar-refractivity contribution in [3.05, 3.63) is 10.7 Å². The van der Waals surface area contributed by atoms with Gasteiger partial charge in [-0.05, 0) is 27.8 Å². The first-order valence-electron chi connectivity index (χ1n) is 4.43. The molecule has 0 saturated carbocycles. The Kier molecular flexibility index (Phi) is 3.01. The van der Waals surface area contributed by atoms with Gasteiger partial charge in [-0.25, -0.2) is 0 Å². The van der Waals surface area contributed by atoms with Crippen molar-refractivity contribution in [2.45, 2.75) is 33.7 Å². The maximum absolute atomic E-state index is 5.62. The predicted octanol–water partition coefficient (Wildman–Crippen LogP) is 2.66. The first-order valence-corrected chi connectivity index (χ1v) is 5.22. The summed E-state index contributed by atoms with van der Waals surface area (Å²) in [6, 6.07) is 0. The highest BCUT2D eigenvalue weighted by atomic mass is 79.9. The quantitative estimate of drug-likeness (QED) is 0.890.